The van der Waals surface area contributed by atoms with E-state index in [9.17, 15) is 14.3 Å². The predicted octanol–water partition coefficient (Wildman–Crippen LogP) is 1.43. The summed E-state index contributed by atoms with van der Waals surface area (Å²) in [5.41, 5.74) is -0.772. The first-order valence-corrected chi connectivity index (χ1v) is 6.29. The van der Waals surface area contributed by atoms with Crippen LogP contribution in [0, 0.1) is 11.7 Å². The molecule has 1 fully saturated rings. The van der Waals surface area contributed by atoms with Crippen LogP contribution in [0.15, 0.2) is 24.3 Å². The van der Waals surface area contributed by atoms with E-state index in [1.807, 2.05) is 13.8 Å². The Morgan fingerprint density at radius 2 is 2.00 bits per heavy atom. The van der Waals surface area contributed by atoms with Crippen LogP contribution < -0.4 is 4.74 Å². The first-order chi connectivity index (χ1) is 8.90. The van der Waals surface area contributed by atoms with Gasteiger partial charge in [-0.2, -0.15) is 0 Å². The summed E-state index contributed by atoms with van der Waals surface area (Å²) in [6.45, 7) is 4.44. The molecule has 0 spiro atoms. The molecule has 1 aromatic rings. The molecule has 1 saturated heterocycles. The van der Waals surface area contributed by atoms with Crippen LogP contribution in [-0.4, -0.2) is 41.2 Å². The van der Waals surface area contributed by atoms with Crippen molar-refractivity contribution >= 4 is 5.91 Å². The van der Waals surface area contributed by atoms with Crippen LogP contribution in [0.25, 0.3) is 0 Å². The summed E-state index contributed by atoms with van der Waals surface area (Å²) in [6, 6.07) is 5.51. The standard InChI is InChI=1S/C14H18FNO3/c1-10(2)14(18)8-16(9-14)13(17)7-19-12-5-3-11(15)4-6-12/h3-6,10,18H,7-9H2,1-2H3. The van der Waals surface area contributed by atoms with Gasteiger partial charge in [0.25, 0.3) is 5.91 Å². The summed E-state index contributed by atoms with van der Waals surface area (Å²) < 4.78 is 17.9. The van der Waals surface area contributed by atoms with Crippen molar-refractivity contribution < 1.29 is 19.0 Å². The van der Waals surface area contributed by atoms with Crippen molar-refractivity contribution in [1.82, 2.24) is 4.90 Å². The number of halogens is 1. The predicted molar refractivity (Wildman–Crippen MR) is 68.3 cm³/mol. The molecule has 0 atom stereocenters. The van der Waals surface area contributed by atoms with Crippen molar-refractivity contribution in [2.24, 2.45) is 5.92 Å². The lowest BCUT2D eigenvalue weighted by atomic mass is 9.83. The molecule has 1 aliphatic rings. The number of rotatable bonds is 4. The van der Waals surface area contributed by atoms with E-state index in [4.69, 9.17) is 4.74 Å². The summed E-state index contributed by atoms with van der Waals surface area (Å²) in [5.74, 6) is 0.0574. The Morgan fingerprint density at radius 3 is 2.53 bits per heavy atom. The van der Waals surface area contributed by atoms with Gasteiger partial charge in [-0.3, -0.25) is 4.79 Å². The van der Waals surface area contributed by atoms with Crippen LogP contribution in [0.1, 0.15) is 13.8 Å². The van der Waals surface area contributed by atoms with Crippen LogP contribution in [0.4, 0.5) is 4.39 Å². The molecule has 0 aliphatic carbocycles. The van der Waals surface area contributed by atoms with Crippen LogP contribution in [-0.2, 0) is 4.79 Å². The molecular weight excluding hydrogens is 249 g/mol. The molecule has 0 unspecified atom stereocenters. The van der Waals surface area contributed by atoms with Gasteiger partial charge in [0, 0.05) is 0 Å². The highest BCUT2D eigenvalue weighted by atomic mass is 19.1. The number of hydrogen-bond donors (Lipinski definition) is 1. The number of carbonyl (C=O) groups excluding carboxylic acids is 1. The molecular formula is C14H18FNO3. The number of ether oxygens (including phenoxy) is 1. The van der Waals surface area contributed by atoms with Gasteiger partial charge in [0.2, 0.25) is 0 Å². The average Bonchev–Trinajstić information content (AvgIpc) is 2.33. The summed E-state index contributed by atoms with van der Waals surface area (Å²) in [6.07, 6.45) is 0. The average molecular weight is 267 g/mol. The summed E-state index contributed by atoms with van der Waals surface area (Å²) in [7, 11) is 0. The fourth-order valence-electron chi connectivity index (χ4n) is 1.92. The molecule has 0 aromatic heterocycles. The van der Waals surface area contributed by atoms with Crippen molar-refractivity contribution in [3.8, 4) is 5.75 Å². The Kier molecular flexibility index (Phi) is 3.75. The number of nitrogens with zero attached hydrogens (tertiary/aromatic N) is 1. The number of carbonyl (C=O) groups is 1. The molecule has 1 heterocycles. The van der Waals surface area contributed by atoms with E-state index < -0.39 is 5.60 Å². The first-order valence-electron chi connectivity index (χ1n) is 6.29. The molecule has 5 heteroatoms. The number of amides is 1. The van der Waals surface area contributed by atoms with Crippen molar-refractivity contribution in [2.45, 2.75) is 19.4 Å². The molecule has 0 saturated carbocycles. The highest BCUT2D eigenvalue weighted by Gasteiger charge is 2.45. The lowest BCUT2D eigenvalue weighted by molar-refractivity contribution is -0.165. The van der Waals surface area contributed by atoms with Crippen molar-refractivity contribution in [3.63, 3.8) is 0 Å². The monoisotopic (exact) mass is 267 g/mol. The number of likely N-dealkylation sites (tertiary alicyclic amines) is 1. The molecule has 1 aliphatic heterocycles. The molecule has 1 aromatic carbocycles. The van der Waals surface area contributed by atoms with Crippen LogP contribution in [0.2, 0.25) is 0 Å². The Bertz CT molecular complexity index is 452. The first kappa shape index (κ1) is 13.8. The quantitative estimate of drug-likeness (QED) is 0.898. The fourth-order valence-corrected chi connectivity index (χ4v) is 1.92. The Labute approximate surface area is 111 Å². The van der Waals surface area contributed by atoms with Gasteiger partial charge in [-0.1, -0.05) is 13.8 Å². The van der Waals surface area contributed by atoms with E-state index in [0.29, 0.717) is 18.8 Å². The van der Waals surface area contributed by atoms with E-state index in [0.717, 1.165) is 0 Å². The Hall–Kier alpha value is -1.62. The van der Waals surface area contributed by atoms with E-state index in [2.05, 4.69) is 0 Å². The van der Waals surface area contributed by atoms with Crippen LogP contribution >= 0.6 is 0 Å². The molecule has 1 N–H and O–H groups in total. The number of β-amino-alcohol motifs (C(OH)–C–C–N with tert-alkyl or cyclic N) is 1. The van der Waals surface area contributed by atoms with Gasteiger partial charge in [-0.05, 0) is 30.2 Å². The Morgan fingerprint density at radius 1 is 1.42 bits per heavy atom. The zero-order valence-electron chi connectivity index (χ0n) is 11.1. The third-order valence-corrected chi connectivity index (χ3v) is 3.53. The second kappa shape index (κ2) is 5.17. The second-order valence-electron chi connectivity index (χ2n) is 5.25. The fraction of sp³-hybridized carbons (Fsp3) is 0.500. The van der Waals surface area contributed by atoms with E-state index in [1.54, 1.807) is 4.90 Å². The van der Waals surface area contributed by atoms with Gasteiger partial charge >= 0.3 is 0 Å². The molecule has 104 valence electrons. The maximum absolute atomic E-state index is 12.7. The van der Waals surface area contributed by atoms with Crippen LogP contribution in [0.3, 0.4) is 0 Å². The van der Waals surface area contributed by atoms with Crippen molar-refractivity contribution in [1.29, 1.82) is 0 Å². The molecule has 0 bridgehead atoms. The van der Waals surface area contributed by atoms with E-state index in [1.165, 1.54) is 24.3 Å². The zero-order valence-corrected chi connectivity index (χ0v) is 11.1. The maximum Gasteiger partial charge on any atom is 0.260 e. The van der Waals surface area contributed by atoms with Gasteiger partial charge in [0.05, 0.1) is 13.1 Å². The van der Waals surface area contributed by atoms with Crippen molar-refractivity contribution in [3.05, 3.63) is 30.1 Å². The third kappa shape index (κ3) is 3.04. The zero-order chi connectivity index (χ0) is 14.0. The van der Waals surface area contributed by atoms with Gasteiger partial charge < -0.3 is 14.7 Å². The summed E-state index contributed by atoms with van der Waals surface area (Å²) in [4.78, 5) is 13.4. The lowest BCUT2D eigenvalue weighted by Crippen LogP contribution is -2.66. The van der Waals surface area contributed by atoms with E-state index >= 15 is 0 Å². The molecule has 0 radical (unpaired) electrons. The molecule has 2 rings (SSSR count). The highest BCUT2D eigenvalue weighted by Crippen LogP contribution is 2.28. The number of hydrogen-bond acceptors (Lipinski definition) is 3. The van der Waals surface area contributed by atoms with Gasteiger partial charge in [0.15, 0.2) is 6.61 Å². The van der Waals surface area contributed by atoms with Gasteiger partial charge in [-0.15, -0.1) is 0 Å². The maximum atomic E-state index is 12.7. The smallest absolute Gasteiger partial charge is 0.260 e. The minimum Gasteiger partial charge on any atom is -0.484 e. The lowest BCUT2D eigenvalue weighted by Gasteiger charge is -2.48. The summed E-state index contributed by atoms with van der Waals surface area (Å²) >= 11 is 0. The number of benzene rings is 1. The molecule has 19 heavy (non-hydrogen) atoms. The third-order valence-electron chi connectivity index (χ3n) is 3.53. The van der Waals surface area contributed by atoms with Crippen molar-refractivity contribution in [2.75, 3.05) is 19.7 Å². The topological polar surface area (TPSA) is 49.8 Å². The minimum absolute atomic E-state index is 0.0974. The Balaban J connectivity index is 1.79. The van der Waals surface area contributed by atoms with Gasteiger partial charge in [-0.25, -0.2) is 4.39 Å². The second-order valence-corrected chi connectivity index (χ2v) is 5.25. The highest BCUT2D eigenvalue weighted by molar-refractivity contribution is 5.79. The molecule has 4 nitrogen and oxygen atoms in total. The SMILES string of the molecule is CC(C)C1(O)CN(C(=O)COc2ccc(F)cc2)C1. The molecule has 1 amide bonds. The largest absolute Gasteiger partial charge is 0.484 e. The minimum atomic E-state index is -0.772. The number of aliphatic hydroxyl groups is 1. The van der Waals surface area contributed by atoms with Gasteiger partial charge in [0.1, 0.15) is 17.2 Å². The van der Waals surface area contributed by atoms with E-state index in [-0.39, 0.29) is 24.2 Å². The summed E-state index contributed by atoms with van der Waals surface area (Å²) in [5, 5.41) is 10.0. The van der Waals surface area contributed by atoms with Crippen LogP contribution in [0.5, 0.6) is 5.75 Å². The normalized spacial score (nSPS) is 17.2.